The maximum absolute atomic E-state index is 12.5. The predicted octanol–water partition coefficient (Wildman–Crippen LogP) is 3.41. The number of aryl methyl sites for hydroxylation is 1. The Morgan fingerprint density at radius 1 is 1.11 bits per heavy atom. The van der Waals surface area contributed by atoms with E-state index in [1.807, 2.05) is 56.3 Å². The van der Waals surface area contributed by atoms with Crippen LogP contribution in [0.25, 0.3) is 11.1 Å². The van der Waals surface area contributed by atoms with Gasteiger partial charge in [0, 0.05) is 37.1 Å². The van der Waals surface area contributed by atoms with E-state index in [1.54, 1.807) is 0 Å². The summed E-state index contributed by atoms with van der Waals surface area (Å²) in [6.07, 6.45) is 0. The molecule has 1 aromatic heterocycles. The Morgan fingerprint density at radius 2 is 1.82 bits per heavy atom. The summed E-state index contributed by atoms with van der Waals surface area (Å²) in [5, 5.41) is 6.17. The number of nitrogens with zero attached hydrogens (tertiary/aromatic N) is 2. The molecule has 0 aliphatic carbocycles. The highest BCUT2D eigenvalue weighted by Crippen LogP contribution is 2.21. The number of oxazole rings is 1. The largest absolute Gasteiger partial charge is 0.441 e. The molecular weight excluding hydrogens is 356 g/mol. The zero-order valence-electron chi connectivity index (χ0n) is 16.1. The first-order chi connectivity index (χ1) is 13.6. The number of hydrogen-bond donors (Lipinski definition) is 2. The van der Waals surface area contributed by atoms with E-state index in [2.05, 4.69) is 20.5 Å². The van der Waals surface area contributed by atoms with E-state index in [-0.39, 0.29) is 5.91 Å². The normalized spacial score (nSPS) is 15.4. The molecular formula is C21H24N4O3. The van der Waals surface area contributed by atoms with E-state index < -0.39 is 6.04 Å². The van der Waals surface area contributed by atoms with Crippen LogP contribution >= 0.6 is 0 Å². The zero-order chi connectivity index (χ0) is 19.5. The second-order valence-corrected chi connectivity index (χ2v) is 6.92. The van der Waals surface area contributed by atoms with Crippen LogP contribution < -0.4 is 15.5 Å². The molecule has 1 fully saturated rings. The summed E-state index contributed by atoms with van der Waals surface area (Å²) in [6.45, 7) is 6.93. The van der Waals surface area contributed by atoms with Crippen molar-refractivity contribution in [3.05, 3.63) is 48.4 Å². The lowest BCUT2D eigenvalue weighted by molar-refractivity contribution is -0.116. The van der Waals surface area contributed by atoms with Crippen molar-refractivity contribution >= 4 is 34.1 Å². The molecule has 2 heterocycles. The van der Waals surface area contributed by atoms with E-state index in [9.17, 15) is 4.79 Å². The molecule has 2 N–H and O–H groups in total. The first-order valence-corrected chi connectivity index (χ1v) is 9.46. The number of amides is 1. The number of ether oxygens (including phenoxy) is 1. The summed E-state index contributed by atoms with van der Waals surface area (Å²) in [4.78, 5) is 19.1. The summed E-state index contributed by atoms with van der Waals surface area (Å²) in [7, 11) is 0. The highest BCUT2D eigenvalue weighted by molar-refractivity contribution is 5.96. The van der Waals surface area contributed by atoms with Crippen molar-refractivity contribution in [2.24, 2.45) is 0 Å². The standard InChI is InChI=1S/C21H24N4O3/c1-14(22-17-5-8-20-19(13-17)23-15(2)28-20)21(26)24-16-3-6-18(7-4-16)25-9-11-27-12-10-25/h3-8,13-14,22H,9-12H2,1-2H3,(H,24,26). The minimum absolute atomic E-state index is 0.101. The van der Waals surface area contributed by atoms with Gasteiger partial charge >= 0.3 is 0 Å². The Labute approximate surface area is 163 Å². The molecule has 1 aliphatic heterocycles. The summed E-state index contributed by atoms with van der Waals surface area (Å²) in [6, 6.07) is 13.1. The van der Waals surface area contributed by atoms with Gasteiger partial charge < -0.3 is 24.7 Å². The van der Waals surface area contributed by atoms with Gasteiger partial charge in [0.05, 0.1) is 13.2 Å². The van der Waals surface area contributed by atoms with Crippen molar-refractivity contribution in [3.63, 3.8) is 0 Å². The van der Waals surface area contributed by atoms with Crippen LogP contribution in [0.4, 0.5) is 17.1 Å². The van der Waals surface area contributed by atoms with Crippen LogP contribution in [0.1, 0.15) is 12.8 Å². The fourth-order valence-corrected chi connectivity index (χ4v) is 3.28. The molecule has 3 aromatic rings. The third kappa shape index (κ3) is 4.09. The number of carbonyl (C=O) groups is 1. The Hall–Kier alpha value is -3.06. The van der Waals surface area contributed by atoms with Gasteiger partial charge in [0.15, 0.2) is 11.5 Å². The summed E-state index contributed by atoms with van der Waals surface area (Å²) < 4.78 is 10.9. The van der Waals surface area contributed by atoms with Gasteiger partial charge in [-0.1, -0.05) is 0 Å². The average molecular weight is 380 g/mol. The Morgan fingerprint density at radius 3 is 2.57 bits per heavy atom. The van der Waals surface area contributed by atoms with Crippen molar-refractivity contribution in [2.45, 2.75) is 19.9 Å². The zero-order valence-corrected chi connectivity index (χ0v) is 16.1. The Kier molecular flexibility index (Phi) is 5.16. The summed E-state index contributed by atoms with van der Waals surface area (Å²) in [5.74, 6) is 0.522. The molecule has 1 atom stereocenters. The van der Waals surface area contributed by atoms with Gasteiger partial charge in [-0.25, -0.2) is 4.98 Å². The quantitative estimate of drug-likeness (QED) is 0.706. The van der Waals surface area contributed by atoms with Crippen LogP contribution in [0.3, 0.4) is 0 Å². The first kappa shape index (κ1) is 18.3. The smallest absolute Gasteiger partial charge is 0.246 e. The Bertz CT molecular complexity index is 961. The number of rotatable bonds is 5. The van der Waals surface area contributed by atoms with Gasteiger partial charge in [0.2, 0.25) is 5.91 Å². The second kappa shape index (κ2) is 7.90. The average Bonchev–Trinajstić information content (AvgIpc) is 3.08. The topological polar surface area (TPSA) is 79.6 Å². The minimum atomic E-state index is -0.399. The maximum Gasteiger partial charge on any atom is 0.246 e. The third-order valence-corrected chi connectivity index (χ3v) is 4.78. The summed E-state index contributed by atoms with van der Waals surface area (Å²) in [5.41, 5.74) is 4.25. The van der Waals surface area contributed by atoms with Crippen molar-refractivity contribution in [1.29, 1.82) is 0 Å². The predicted molar refractivity (Wildman–Crippen MR) is 110 cm³/mol. The lowest BCUT2D eigenvalue weighted by Crippen LogP contribution is -2.36. The monoisotopic (exact) mass is 380 g/mol. The minimum Gasteiger partial charge on any atom is -0.441 e. The highest BCUT2D eigenvalue weighted by atomic mass is 16.5. The van der Waals surface area contributed by atoms with Gasteiger partial charge in [-0.2, -0.15) is 0 Å². The first-order valence-electron chi connectivity index (χ1n) is 9.46. The molecule has 1 amide bonds. The van der Waals surface area contributed by atoms with Gasteiger partial charge in [0.1, 0.15) is 11.6 Å². The van der Waals surface area contributed by atoms with E-state index in [0.717, 1.165) is 54.5 Å². The van der Waals surface area contributed by atoms with E-state index >= 15 is 0 Å². The van der Waals surface area contributed by atoms with E-state index in [4.69, 9.17) is 9.15 Å². The van der Waals surface area contributed by atoms with Crippen LogP contribution in [0.5, 0.6) is 0 Å². The second-order valence-electron chi connectivity index (χ2n) is 6.92. The number of nitrogens with one attached hydrogen (secondary N) is 2. The molecule has 0 spiro atoms. The van der Waals surface area contributed by atoms with Crippen molar-refractivity contribution in [1.82, 2.24) is 4.98 Å². The highest BCUT2D eigenvalue weighted by Gasteiger charge is 2.15. The van der Waals surface area contributed by atoms with Crippen molar-refractivity contribution in [3.8, 4) is 0 Å². The van der Waals surface area contributed by atoms with Crippen LogP contribution in [-0.2, 0) is 9.53 Å². The third-order valence-electron chi connectivity index (χ3n) is 4.78. The van der Waals surface area contributed by atoms with Crippen LogP contribution in [-0.4, -0.2) is 43.2 Å². The van der Waals surface area contributed by atoms with Gasteiger partial charge in [-0.05, 0) is 49.4 Å². The van der Waals surface area contributed by atoms with Crippen molar-refractivity contribution in [2.75, 3.05) is 41.8 Å². The number of anilines is 3. The van der Waals surface area contributed by atoms with Gasteiger partial charge in [-0.15, -0.1) is 0 Å². The van der Waals surface area contributed by atoms with E-state index in [1.165, 1.54) is 0 Å². The molecule has 1 aliphatic rings. The lowest BCUT2D eigenvalue weighted by atomic mass is 10.2. The number of carbonyl (C=O) groups excluding carboxylic acids is 1. The number of benzene rings is 2. The number of morpholine rings is 1. The fourth-order valence-electron chi connectivity index (χ4n) is 3.28. The van der Waals surface area contributed by atoms with E-state index in [0.29, 0.717) is 5.89 Å². The number of hydrogen-bond acceptors (Lipinski definition) is 6. The Balaban J connectivity index is 1.36. The number of fused-ring (bicyclic) bond motifs is 1. The molecule has 1 saturated heterocycles. The molecule has 1 unspecified atom stereocenters. The molecule has 7 nitrogen and oxygen atoms in total. The van der Waals surface area contributed by atoms with Crippen molar-refractivity contribution < 1.29 is 13.9 Å². The molecule has 7 heteroatoms. The van der Waals surface area contributed by atoms with Crippen LogP contribution in [0, 0.1) is 6.92 Å². The molecule has 4 rings (SSSR count). The molecule has 28 heavy (non-hydrogen) atoms. The van der Waals surface area contributed by atoms with Gasteiger partial charge in [0.25, 0.3) is 0 Å². The molecule has 146 valence electrons. The SMILES string of the molecule is Cc1nc2cc(NC(C)C(=O)Nc3ccc(N4CCOCC4)cc3)ccc2o1. The molecule has 0 saturated carbocycles. The number of aromatic nitrogens is 1. The molecule has 0 radical (unpaired) electrons. The lowest BCUT2D eigenvalue weighted by Gasteiger charge is -2.29. The van der Waals surface area contributed by atoms with Crippen LogP contribution in [0.15, 0.2) is 46.9 Å². The molecule has 2 aromatic carbocycles. The molecule has 0 bridgehead atoms. The van der Waals surface area contributed by atoms with Crippen LogP contribution in [0.2, 0.25) is 0 Å². The fraction of sp³-hybridized carbons (Fsp3) is 0.333. The van der Waals surface area contributed by atoms with Gasteiger partial charge in [-0.3, -0.25) is 4.79 Å². The summed E-state index contributed by atoms with van der Waals surface area (Å²) >= 11 is 0. The maximum atomic E-state index is 12.5.